The van der Waals surface area contributed by atoms with Gasteiger partial charge in [-0.2, -0.15) is 0 Å². The maximum atomic E-state index is 6.23. The van der Waals surface area contributed by atoms with Crippen molar-refractivity contribution in [3.63, 3.8) is 0 Å². The first-order valence-corrected chi connectivity index (χ1v) is 7.25. The molecule has 0 saturated carbocycles. The zero-order chi connectivity index (χ0) is 14.5. The van der Waals surface area contributed by atoms with Gasteiger partial charge in [-0.15, -0.1) is 0 Å². The van der Waals surface area contributed by atoms with Gasteiger partial charge in [-0.25, -0.2) is 0 Å². The lowest BCUT2D eigenvalue weighted by molar-refractivity contribution is 0.284. The third-order valence-electron chi connectivity index (χ3n) is 2.85. The fourth-order valence-electron chi connectivity index (χ4n) is 1.80. The van der Waals surface area contributed by atoms with E-state index in [1.807, 2.05) is 30.3 Å². The molecule has 0 aliphatic rings. The van der Waals surface area contributed by atoms with Crippen LogP contribution in [0, 0.1) is 0 Å². The Morgan fingerprint density at radius 3 is 2.65 bits per heavy atom. The summed E-state index contributed by atoms with van der Waals surface area (Å²) >= 11 is 9.71. The van der Waals surface area contributed by atoms with Crippen LogP contribution in [0.25, 0.3) is 0 Å². The van der Waals surface area contributed by atoms with E-state index in [9.17, 15) is 0 Å². The molecule has 0 amide bonds. The number of halogens is 2. The van der Waals surface area contributed by atoms with Gasteiger partial charge >= 0.3 is 0 Å². The third kappa shape index (κ3) is 3.45. The van der Waals surface area contributed by atoms with E-state index >= 15 is 0 Å². The van der Waals surface area contributed by atoms with Gasteiger partial charge in [0.1, 0.15) is 6.61 Å². The second-order valence-electron chi connectivity index (χ2n) is 4.19. The van der Waals surface area contributed by atoms with Gasteiger partial charge in [0.2, 0.25) is 0 Å². The summed E-state index contributed by atoms with van der Waals surface area (Å²) in [5, 5.41) is 0.497. The van der Waals surface area contributed by atoms with Crippen LogP contribution in [0.1, 0.15) is 11.1 Å². The van der Waals surface area contributed by atoms with Crippen molar-refractivity contribution >= 4 is 27.5 Å². The molecule has 0 atom stereocenters. The molecule has 2 N–H and O–H groups in total. The first-order valence-electron chi connectivity index (χ1n) is 6.08. The van der Waals surface area contributed by atoms with Gasteiger partial charge in [-0.05, 0) is 23.8 Å². The maximum Gasteiger partial charge on any atom is 0.180 e. The molecule has 0 unspecified atom stereocenters. The summed E-state index contributed by atoms with van der Waals surface area (Å²) in [6.07, 6.45) is 0. The van der Waals surface area contributed by atoms with E-state index in [0.717, 1.165) is 15.6 Å². The molecule has 0 fully saturated rings. The summed E-state index contributed by atoms with van der Waals surface area (Å²) in [7, 11) is 1.58. The average Bonchev–Trinajstić information content (AvgIpc) is 2.46. The largest absolute Gasteiger partial charge is 0.493 e. The average molecular weight is 357 g/mol. The Balaban J connectivity index is 2.23. The summed E-state index contributed by atoms with van der Waals surface area (Å²) in [4.78, 5) is 0. The number of hydrogen-bond donors (Lipinski definition) is 1. The number of rotatable bonds is 5. The zero-order valence-corrected chi connectivity index (χ0v) is 13.4. The van der Waals surface area contributed by atoms with Crippen LogP contribution >= 0.6 is 27.5 Å². The highest BCUT2D eigenvalue weighted by molar-refractivity contribution is 9.10. The molecule has 3 nitrogen and oxygen atoms in total. The molecule has 0 aliphatic carbocycles. The van der Waals surface area contributed by atoms with Gasteiger partial charge in [0, 0.05) is 16.6 Å². The maximum absolute atomic E-state index is 6.23. The molecule has 0 radical (unpaired) electrons. The van der Waals surface area contributed by atoms with Crippen molar-refractivity contribution < 1.29 is 9.47 Å². The zero-order valence-electron chi connectivity index (χ0n) is 11.0. The first kappa shape index (κ1) is 15.2. The summed E-state index contributed by atoms with van der Waals surface area (Å²) in [5.74, 6) is 1.12. The SMILES string of the molecule is COc1cc(CN)cc(Cl)c1OCc1ccccc1Br. The van der Waals surface area contributed by atoms with Crippen LogP contribution in [-0.2, 0) is 13.2 Å². The van der Waals surface area contributed by atoms with Gasteiger partial charge in [0.25, 0.3) is 0 Å². The molecule has 0 spiro atoms. The predicted octanol–water partition coefficient (Wildman–Crippen LogP) is 4.15. The second kappa shape index (κ2) is 6.97. The van der Waals surface area contributed by atoms with Gasteiger partial charge in [0.15, 0.2) is 11.5 Å². The Hall–Kier alpha value is -1.23. The smallest absolute Gasteiger partial charge is 0.180 e. The molecular weight excluding hydrogens is 342 g/mol. The van der Waals surface area contributed by atoms with Crippen LogP contribution in [0.15, 0.2) is 40.9 Å². The predicted molar refractivity (Wildman–Crippen MR) is 84.4 cm³/mol. The van der Waals surface area contributed by atoms with Crippen molar-refractivity contribution in [2.45, 2.75) is 13.2 Å². The Morgan fingerprint density at radius 2 is 2.00 bits per heavy atom. The van der Waals surface area contributed by atoms with Crippen molar-refractivity contribution in [1.82, 2.24) is 0 Å². The molecule has 0 bridgehead atoms. The Bertz CT molecular complexity index is 604. The van der Waals surface area contributed by atoms with E-state index in [1.54, 1.807) is 13.2 Å². The van der Waals surface area contributed by atoms with Gasteiger partial charge in [-0.3, -0.25) is 0 Å². The molecule has 0 aromatic heterocycles. The number of hydrogen-bond acceptors (Lipinski definition) is 3. The fourth-order valence-corrected chi connectivity index (χ4v) is 2.48. The molecule has 20 heavy (non-hydrogen) atoms. The Morgan fingerprint density at radius 1 is 1.25 bits per heavy atom. The second-order valence-corrected chi connectivity index (χ2v) is 5.45. The molecule has 0 saturated heterocycles. The van der Waals surface area contributed by atoms with Crippen LogP contribution in [0.5, 0.6) is 11.5 Å². The normalized spacial score (nSPS) is 10.4. The van der Waals surface area contributed by atoms with Crippen LogP contribution in [0.3, 0.4) is 0 Å². The van der Waals surface area contributed by atoms with Crippen LogP contribution in [0.2, 0.25) is 5.02 Å². The lowest BCUT2D eigenvalue weighted by Crippen LogP contribution is -2.02. The number of ether oxygens (including phenoxy) is 2. The van der Waals surface area contributed by atoms with Crippen molar-refractivity contribution in [2.75, 3.05) is 7.11 Å². The van der Waals surface area contributed by atoms with Crippen LogP contribution in [-0.4, -0.2) is 7.11 Å². The molecule has 2 aromatic rings. The Labute approximate surface area is 131 Å². The molecular formula is C15H15BrClNO2. The fraction of sp³-hybridized carbons (Fsp3) is 0.200. The van der Waals surface area contributed by atoms with E-state index in [2.05, 4.69) is 15.9 Å². The molecule has 106 valence electrons. The highest BCUT2D eigenvalue weighted by atomic mass is 79.9. The van der Waals surface area contributed by atoms with E-state index in [-0.39, 0.29) is 0 Å². The monoisotopic (exact) mass is 355 g/mol. The quantitative estimate of drug-likeness (QED) is 0.875. The number of benzene rings is 2. The van der Waals surface area contributed by atoms with Crippen molar-refractivity contribution in [2.24, 2.45) is 5.73 Å². The van der Waals surface area contributed by atoms with Crippen molar-refractivity contribution in [1.29, 1.82) is 0 Å². The highest BCUT2D eigenvalue weighted by Crippen LogP contribution is 2.37. The van der Waals surface area contributed by atoms with E-state index in [1.165, 1.54) is 0 Å². The summed E-state index contributed by atoms with van der Waals surface area (Å²) < 4.78 is 12.1. The standard InChI is InChI=1S/C15H15BrClNO2/c1-19-14-7-10(8-18)6-13(17)15(14)20-9-11-4-2-3-5-12(11)16/h2-7H,8-9,18H2,1H3. The summed E-state index contributed by atoms with van der Waals surface area (Å²) in [6, 6.07) is 11.5. The third-order valence-corrected chi connectivity index (χ3v) is 3.91. The minimum atomic E-state index is 0.402. The topological polar surface area (TPSA) is 44.5 Å². The summed E-state index contributed by atoms with van der Waals surface area (Å²) in [5.41, 5.74) is 7.55. The van der Waals surface area contributed by atoms with Crippen LogP contribution < -0.4 is 15.2 Å². The molecule has 0 aliphatic heterocycles. The number of methoxy groups -OCH3 is 1. The van der Waals surface area contributed by atoms with Gasteiger partial charge in [0.05, 0.1) is 12.1 Å². The molecule has 5 heteroatoms. The minimum absolute atomic E-state index is 0.402. The lowest BCUT2D eigenvalue weighted by atomic mass is 10.2. The van der Waals surface area contributed by atoms with Gasteiger partial charge in [-0.1, -0.05) is 45.7 Å². The number of nitrogens with two attached hydrogens (primary N) is 1. The molecule has 0 heterocycles. The first-order chi connectivity index (χ1) is 9.65. The van der Waals surface area contributed by atoms with Crippen molar-refractivity contribution in [3.8, 4) is 11.5 Å². The molecule has 2 rings (SSSR count). The summed E-state index contributed by atoms with van der Waals surface area (Å²) in [6.45, 7) is 0.806. The highest BCUT2D eigenvalue weighted by Gasteiger charge is 2.12. The van der Waals surface area contributed by atoms with E-state index < -0.39 is 0 Å². The van der Waals surface area contributed by atoms with Gasteiger partial charge < -0.3 is 15.2 Å². The van der Waals surface area contributed by atoms with E-state index in [4.69, 9.17) is 26.8 Å². The van der Waals surface area contributed by atoms with Crippen molar-refractivity contribution in [3.05, 3.63) is 57.0 Å². The lowest BCUT2D eigenvalue weighted by Gasteiger charge is -2.14. The Kier molecular flexibility index (Phi) is 5.29. The van der Waals surface area contributed by atoms with E-state index in [0.29, 0.717) is 29.7 Å². The van der Waals surface area contributed by atoms with Crippen LogP contribution in [0.4, 0.5) is 0 Å². The molecule has 2 aromatic carbocycles. The minimum Gasteiger partial charge on any atom is -0.493 e.